The second kappa shape index (κ2) is 5.59. The van der Waals surface area contributed by atoms with Gasteiger partial charge >= 0.3 is 0 Å². The fraction of sp³-hybridized carbons (Fsp3) is 0.286. The molecule has 0 aliphatic rings. The molecule has 1 aromatic carbocycles. The van der Waals surface area contributed by atoms with E-state index >= 15 is 0 Å². The summed E-state index contributed by atoms with van der Waals surface area (Å²) in [6, 6.07) is 10.4. The number of nitrogens with two attached hydrogens (primary N) is 1. The van der Waals surface area contributed by atoms with Crippen LogP contribution in [0.1, 0.15) is 26.3 Å². The Bertz CT molecular complexity index is 546. The highest BCUT2D eigenvalue weighted by Gasteiger charge is 2.13. The van der Waals surface area contributed by atoms with Crippen LogP contribution in [-0.4, -0.2) is 9.97 Å². The van der Waals surface area contributed by atoms with Crippen LogP contribution < -0.4 is 11.3 Å². The molecule has 0 radical (unpaired) electrons. The summed E-state index contributed by atoms with van der Waals surface area (Å²) in [5.41, 5.74) is 3.94. The van der Waals surface area contributed by atoms with Gasteiger partial charge in [-0.25, -0.2) is 15.8 Å². The van der Waals surface area contributed by atoms with Crippen LogP contribution in [0.2, 0.25) is 0 Å². The van der Waals surface area contributed by atoms with Gasteiger partial charge in [0.15, 0.2) is 0 Å². The van der Waals surface area contributed by atoms with Crippen LogP contribution in [0.5, 0.6) is 0 Å². The molecule has 5 heteroatoms. The van der Waals surface area contributed by atoms with E-state index in [0.717, 1.165) is 9.92 Å². The number of hydrazine groups is 1. The topological polar surface area (TPSA) is 63.8 Å². The molecule has 0 aliphatic carbocycles. The number of hydrogen-bond acceptors (Lipinski definition) is 5. The summed E-state index contributed by atoms with van der Waals surface area (Å²) in [5.74, 6) is 5.72. The molecule has 0 unspecified atom stereocenters. The minimum absolute atomic E-state index is 0.175. The average molecular weight is 274 g/mol. The summed E-state index contributed by atoms with van der Waals surface area (Å²) >= 11 is 1.59. The minimum Gasteiger partial charge on any atom is -0.292 e. The summed E-state index contributed by atoms with van der Waals surface area (Å²) in [6.45, 7) is 6.62. The molecule has 0 amide bonds. The van der Waals surface area contributed by atoms with Crippen molar-refractivity contribution < 1.29 is 0 Å². The molecule has 0 aliphatic heterocycles. The monoisotopic (exact) mass is 274 g/mol. The maximum absolute atomic E-state index is 5.30. The third-order valence-electron chi connectivity index (χ3n) is 2.70. The van der Waals surface area contributed by atoms with E-state index in [1.807, 2.05) is 6.07 Å². The van der Waals surface area contributed by atoms with Crippen LogP contribution in [0.25, 0.3) is 0 Å². The van der Waals surface area contributed by atoms with Crippen molar-refractivity contribution >= 4 is 17.7 Å². The molecule has 0 fully saturated rings. The Morgan fingerprint density at radius 2 is 1.79 bits per heavy atom. The van der Waals surface area contributed by atoms with Crippen LogP contribution in [0.3, 0.4) is 0 Å². The number of aromatic nitrogens is 2. The van der Waals surface area contributed by atoms with E-state index in [1.165, 1.54) is 5.56 Å². The van der Waals surface area contributed by atoms with Gasteiger partial charge < -0.3 is 0 Å². The molecule has 100 valence electrons. The molecule has 0 saturated carbocycles. The van der Waals surface area contributed by atoms with Crippen molar-refractivity contribution in [1.82, 2.24) is 9.97 Å². The first-order chi connectivity index (χ1) is 8.99. The number of hydrogen-bond donors (Lipinski definition) is 2. The van der Waals surface area contributed by atoms with Crippen LogP contribution >= 0.6 is 11.8 Å². The van der Waals surface area contributed by atoms with E-state index in [-0.39, 0.29) is 5.41 Å². The molecule has 1 heterocycles. The largest absolute Gasteiger partial charge is 0.292 e. The van der Waals surface area contributed by atoms with Gasteiger partial charge in [0, 0.05) is 11.1 Å². The van der Waals surface area contributed by atoms with Gasteiger partial charge in [-0.15, -0.1) is 0 Å². The molecule has 2 aromatic rings. The highest BCUT2D eigenvalue weighted by molar-refractivity contribution is 7.99. The fourth-order valence-electron chi connectivity index (χ4n) is 1.61. The van der Waals surface area contributed by atoms with Crippen molar-refractivity contribution in [3.63, 3.8) is 0 Å². The van der Waals surface area contributed by atoms with Gasteiger partial charge in [-0.2, -0.15) is 0 Å². The zero-order chi connectivity index (χ0) is 13.9. The number of benzene rings is 1. The predicted octanol–water partition coefficient (Wildman–Crippen LogP) is 3.21. The first-order valence-electron chi connectivity index (χ1n) is 6.07. The third kappa shape index (κ3) is 3.68. The molecule has 19 heavy (non-hydrogen) atoms. The van der Waals surface area contributed by atoms with Crippen LogP contribution in [0.4, 0.5) is 5.95 Å². The van der Waals surface area contributed by atoms with Gasteiger partial charge in [0.2, 0.25) is 5.95 Å². The van der Waals surface area contributed by atoms with Crippen LogP contribution in [0, 0.1) is 0 Å². The maximum atomic E-state index is 5.30. The van der Waals surface area contributed by atoms with E-state index in [9.17, 15) is 0 Å². The number of anilines is 1. The Morgan fingerprint density at radius 1 is 1.11 bits per heavy atom. The lowest BCUT2D eigenvalue weighted by molar-refractivity contribution is 0.590. The summed E-state index contributed by atoms with van der Waals surface area (Å²) < 4.78 is 0. The first-order valence-corrected chi connectivity index (χ1v) is 6.89. The van der Waals surface area contributed by atoms with E-state index in [2.05, 4.69) is 60.4 Å². The standard InChI is InChI=1S/C14H18N4S/c1-14(2,3)10-4-6-11(7-5-10)19-12-8-9-16-13(17-12)18-15/h4-9H,15H2,1-3H3,(H,16,17,18). The lowest BCUT2D eigenvalue weighted by Crippen LogP contribution is -2.10. The predicted molar refractivity (Wildman–Crippen MR) is 79.1 cm³/mol. The summed E-state index contributed by atoms with van der Waals surface area (Å²) in [4.78, 5) is 9.41. The van der Waals surface area contributed by atoms with Gasteiger partial charge in [0.25, 0.3) is 0 Å². The number of nitrogen functional groups attached to an aromatic ring is 1. The summed E-state index contributed by atoms with van der Waals surface area (Å²) in [6.07, 6.45) is 1.69. The molecule has 4 nitrogen and oxygen atoms in total. The quantitative estimate of drug-likeness (QED) is 0.511. The van der Waals surface area contributed by atoms with Gasteiger partial charge in [-0.3, -0.25) is 5.43 Å². The van der Waals surface area contributed by atoms with Gasteiger partial charge in [-0.1, -0.05) is 44.7 Å². The van der Waals surface area contributed by atoms with Crippen LogP contribution in [-0.2, 0) is 5.41 Å². The van der Waals surface area contributed by atoms with E-state index in [1.54, 1.807) is 18.0 Å². The molecule has 0 atom stereocenters. The van der Waals surface area contributed by atoms with Crippen molar-refractivity contribution in [2.75, 3.05) is 5.43 Å². The summed E-state index contributed by atoms with van der Waals surface area (Å²) in [5, 5.41) is 0.867. The molecule has 3 N–H and O–H groups in total. The zero-order valence-electron chi connectivity index (χ0n) is 11.3. The Labute approximate surface area is 117 Å². The molecule has 1 aromatic heterocycles. The second-order valence-electron chi connectivity index (χ2n) is 5.24. The van der Waals surface area contributed by atoms with E-state index < -0.39 is 0 Å². The lowest BCUT2D eigenvalue weighted by atomic mass is 9.87. The fourth-order valence-corrected chi connectivity index (χ4v) is 2.39. The molecule has 0 bridgehead atoms. The highest BCUT2D eigenvalue weighted by Crippen LogP contribution is 2.29. The van der Waals surface area contributed by atoms with E-state index in [4.69, 9.17) is 5.84 Å². The van der Waals surface area contributed by atoms with Gasteiger partial charge in [0.1, 0.15) is 5.03 Å². The SMILES string of the molecule is CC(C)(C)c1ccc(Sc2ccnc(NN)n2)cc1. The van der Waals surface area contributed by atoms with E-state index in [0.29, 0.717) is 5.95 Å². The maximum Gasteiger partial charge on any atom is 0.238 e. The molecule has 2 rings (SSSR count). The zero-order valence-corrected chi connectivity index (χ0v) is 12.2. The highest BCUT2D eigenvalue weighted by atomic mass is 32.2. The normalized spacial score (nSPS) is 11.4. The average Bonchev–Trinajstić information content (AvgIpc) is 2.38. The van der Waals surface area contributed by atoms with Crippen molar-refractivity contribution in [2.24, 2.45) is 5.84 Å². The van der Waals surface area contributed by atoms with Crippen molar-refractivity contribution in [3.05, 3.63) is 42.1 Å². The lowest BCUT2D eigenvalue weighted by Gasteiger charge is -2.18. The molecular formula is C14H18N4S. The summed E-state index contributed by atoms with van der Waals surface area (Å²) in [7, 11) is 0. The Balaban J connectivity index is 2.15. The van der Waals surface area contributed by atoms with Gasteiger partial charge in [0.05, 0.1) is 0 Å². The smallest absolute Gasteiger partial charge is 0.238 e. The second-order valence-corrected chi connectivity index (χ2v) is 6.33. The first kappa shape index (κ1) is 13.8. The number of nitrogens with zero attached hydrogens (tertiary/aromatic N) is 2. The Morgan fingerprint density at radius 3 is 2.37 bits per heavy atom. The van der Waals surface area contributed by atoms with Gasteiger partial charge in [-0.05, 0) is 29.2 Å². The molecule has 0 saturated heterocycles. The van der Waals surface area contributed by atoms with Crippen molar-refractivity contribution in [1.29, 1.82) is 0 Å². The number of nitrogens with one attached hydrogen (secondary N) is 1. The number of rotatable bonds is 3. The Kier molecular flexibility index (Phi) is 4.07. The minimum atomic E-state index is 0.175. The third-order valence-corrected chi connectivity index (χ3v) is 3.65. The molecular weight excluding hydrogens is 256 g/mol. The van der Waals surface area contributed by atoms with Crippen LogP contribution in [0.15, 0.2) is 46.5 Å². The van der Waals surface area contributed by atoms with Crippen molar-refractivity contribution in [2.45, 2.75) is 36.1 Å². The molecule has 0 spiro atoms. The van der Waals surface area contributed by atoms with Crippen molar-refractivity contribution in [3.8, 4) is 0 Å². The Hall–Kier alpha value is -1.59.